The highest BCUT2D eigenvalue weighted by atomic mass is 35.5. The summed E-state index contributed by atoms with van der Waals surface area (Å²) in [6.07, 6.45) is 1.56. The number of rotatable bonds is 5. The first kappa shape index (κ1) is 24.4. The summed E-state index contributed by atoms with van der Waals surface area (Å²) < 4.78 is 7.02. The fourth-order valence-corrected chi connectivity index (χ4v) is 4.34. The van der Waals surface area contributed by atoms with E-state index in [1.165, 1.54) is 4.90 Å². The molecule has 1 fully saturated rings. The Morgan fingerprint density at radius 3 is 2.31 bits per heavy atom. The van der Waals surface area contributed by atoms with E-state index in [4.69, 9.17) is 28.6 Å². The van der Waals surface area contributed by atoms with E-state index in [1.807, 2.05) is 36.6 Å². The fourth-order valence-electron chi connectivity index (χ4n) is 3.93. The van der Waals surface area contributed by atoms with E-state index in [2.05, 4.69) is 5.32 Å². The number of aryl methyl sites for hydroxylation is 1. The summed E-state index contributed by atoms with van der Waals surface area (Å²) in [6, 6.07) is 15.6. The van der Waals surface area contributed by atoms with Gasteiger partial charge in [-0.2, -0.15) is 0 Å². The Morgan fingerprint density at radius 1 is 1.06 bits per heavy atom. The zero-order valence-corrected chi connectivity index (χ0v) is 20.9. The van der Waals surface area contributed by atoms with Gasteiger partial charge in [-0.1, -0.05) is 11.6 Å². The van der Waals surface area contributed by atoms with Crippen LogP contribution in [0.15, 0.2) is 60.2 Å². The first-order chi connectivity index (χ1) is 16.7. The Kier molecular flexibility index (Phi) is 6.86. The van der Waals surface area contributed by atoms with Crippen LogP contribution in [0, 0.1) is 13.8 Å². The second-order valence-corrected chi connectivity index (χ2v) is 8.69. The first-order valence-electron chi connectivity index (χ1n) is 10.8. The molecule has 35 heavy (non-hydrogen) atoms. The SMILES string of the molecule is CCOC(=O)c1ccc(-n2c(C)cc(/C=C3/C(=O)NC(=S)N(c4ccc(Cl)cc4)C3=O)c2C)cc1. The predicted octanol–water partition coefficient (Wildman–Crippen LogP) is 4.76. The van der Waals surface area contributed by atoms with Crippen LogP contribution >= 0.6 is 23.8 Å². The van der Waals surface area contributed by atoms with Crippen LogP contribution in [-0.2, 0) is 14.3 Å². The lowest BCUT2D eigenvalue weighted by atomic mass is 10.1. The standard InChI is InChI=1S/C26H22ClN3O4S/c1-4-34-25(33)17-5-9-20(10-6-17)29-15(2)13-18(16(29)3)14-22-23(31)28-26(35)30(24(22)32)21-11-7-19(27)8-12-21/h5-14H,4H2,1-3H3,(H,28,31,35)/b22-14-. The molecule has 178 valence electrons. The molecule has 1 aliphatic heterocycles. The molecule has 0 spiro atoms. The zero-order chi connectivity index (χ0) is 25.3. The van der Waals surface area contributed by atoms with Crippen LogP contribution in [-0.4, -0.2) is 34.1 Å². The molecule has 1 N–H and O–H groups in total. The third-order valence-corrected chi connectivity index (χ3v) is 6.13. The van der Waals surface area contributed by atoms with E-state index >= 15 is 0 Å². The number of carbonyl (C=O) groups excluding carboxylic acids is 3. The largest absolute Gasteiger partial charge is 0.462 e. The number of esters is 1. The van der Waals surface area contributed by atoms with E-state index < -0.39 is 11.8 Å². The molecule has 4 rings (SSSR count). The predicted molar refractivity (Wildman–Crippen MR) is 139 cm³/mol. The number of benzene rings is 2. The molecular weight excluding hydrogens is 486 g/mol. The first-order valence-corrected chi connectivity index (χ1v) is 11.6. The van der Waals surface area contributed by atoms with Crippen LogP contribution in [0.1, 0.15) is 34.2 Å². The van der Waals surface area contributed by atoms with E-state index in [-0.39, 0.29) is 16.7 Å². The van der Waals surface area contributed by atoms with Gasteiger partial charge in [0.15, 0.2) is 5.11 Å². The Labute approximate surface area is 212 Å². The van der Waals surface area contributed by atoms with Crippen molar-refractivity contribution >= 4 is 58.5 Å². The fraction of sp³-hybridized carbons (Fsp3) is 0.154. The summed E-state index contributed by atoms with van der Waals surface area (Å²) in [7, 11) is 0. The van der Waals surface area contributed by atoms with Crippen molar-refractivity contribution < 1.29 is 19.1 Å². The quantitative estimate of drug-likeness (QED) is 0.233. The average Bonchev–Trinajstić information content (AvgIpc) is 3.10. The lowest BCUT2D eigenvalue weighted by molar-refractivity contribution is -0.122. The zero-order valence-electron chi connectivity index (χ0n) is 19.3. The van der Waals surface area contributed by atoms with Crippen molar-refractivity contribution in [3.05, 3.63) is 87.7 Å². The summed E-state index contributed by atoms with van der Waals surface area (Å²) >= 11 is 11.2. The van der Waals surface area contributed by atoms with Gasteiger partial charge in [0.1, 0.15) is 5.57 Å². The van der Waals surface area contributed by atoms with E-state index in [1.54, 1.807) is 49.4 Å². The van der Waals surface area contributed by atoms with Gasteiger partial charge in [0, 0.05) is 22.1 Å². The average molecular weight is 508 g/mol. The van der Waals surface area contributed by atoms with Crippen molar-refractivity contribution in [2.24, 2.45) is 0 Å². The van der Waals surface area contributed by atoms with E-state index in [0.29, 0.717) is 28.4 Å². The van der Waals surface area contributed by atoms with Crippen LogP contribution in [0.2, 0.25) is 5.02 Å². The highest BCUT2D eigenvalue weighted by molar-refractivity contribution is 7.80. The van der Waals surface area contributed by atoms with Crippen molar-refractivity contribution in [2.45, 2.75) is 20.8 Å². The van der Waals surface area contributed by atoms with Gasteiger partial charge in [-0.15, -0.1) is 0 Å². The van der Waals surface area contributed by atoms with Crippen molar-refractivity contribution in [1.82, 2.24) is 9.88 Å². The Morgan fingerprint density at radius 2 is 1.69 bits per heavy atom. The van der Waals surface area contributed by atoms with Crippen molar-refractivity contribution in [2.75, 3.05) is 11.5 Å². The van der Waals surface area contributed by atoms with Crippen LogP contribution in [0.25, 0.3) is 11.8 Å². The molecule has 0 radical (unpaired) electrons. The number of hydrogen-bond donors (Lipinski definition) is 1. The molecule has 2 amide bonds. The summed E-state index contributed by atoms with van der Waals surface area (Å²) in [6.45, 7) is 5.88. The minimum absolute atomic E-state index is 0.00614. The lowest BCUT2D eigenvalue weighted by Crippen LogP contribution is -2.54. The molecule has 7 nitrogen and oxygen atoms in total. The van der Waals surface area contributed by atoms with Gasteiger partial charge in [-0.25, -0.2) is 4.79 Å². The molecule has 0 atom stereocenters. The summed E-state index contributed by atoms with van der Waals surface area (Å²) in [5.41, 5.74) is 4.19. The van der Waals surface area contributed by atoms with E-state index in [9.17, 15) is 14.4 Å². The highest BCUT2D eigenvalue weighted by Gasteiger charge is 2.34. The minimum atomic E-state index is -0.561. The molecular formula is C26H22ClN3O4S. The Hall–Kier alpha value is -3.75. The number of nitrogens with zero attached hydrogens (tertiary/aromatic N) is 2. The number of nitrogens with one attached hydrogen (secondary N) is 1. The van der Waals surface area contributed by atoms with Crippen LogP contribution in [0.3, 0.4) is 0 Å². The van der Waals surface area contributed by atoms with Gasteiger partial charge >= 0.3 is 5.97 Å². The maximum atomic E-state index is 13.3. The number of halogens is 1. The summed E-state index contributed by atoms with van der Waals surface area (Å²) in [4.78, 5) is 39.2. The summed E-state index contributed by atoms with van der Waals surface area (Å²) in [5.74, 6) is -1.46. The molecule has 1 saturated heterocycles. The number of aromatic nitrogens is 1. The maximum Gasteiger partial charge on any atom is 0.338 e. The van der Waals surface area contributed by atoms with Crippen LogP contribution in [0.5, 0.6) is 0 Å². The molecule has 0 unspecified atom stereocenters. The smallest absolute Gasteiger partial charge is 0.338 e. The molecule has 1 aromatic heterocycles. The maximum absolute atomic E-state index is 13.3. The molecule has 2 heterocycles. The number of hydrogen-bond acceptors (Lipinski definition) is 5. The molecule has 3 aromatic rings. The second kappa shape index (κ2) is 9.85. The Balaban J connectivity index is 1.69. The van der Waals surface area contributed by atoms with Crippen LogP contribution in [0.4, 0.5) is 5.69 Å². The lowest BCUT2D eigenvalue weighted by Gasteiger charge is -2.28. The topological polar surface area (TPSA) is 80.6 Å². The highest BCUT2D eigenvalue weighted by Crippen LogP contribution is 2.27. The van der Waals surface area contributed by atoms with Gasteiger partial charge in [-0.3, -0.25) is 19.8 Å². The number of amides is 2. The van der Waals surface area contributed by atoms with Gasteiger partial charge < -0.3 is 9.30 Å². The van der Waals surface area contributed by atoms with Crippen molar-refractivity contribution in [3.8, 4) is 5.69 Å². The minimum Gasteiger partial charge on any atom is -0.462 e. The normalized spacial score (nSPS) is 14.9. The molecule has 1 aliphatic rings. The molecule has 0 bridgehead atoms. The third-order valence-electron chi connectivity index (χ3n) is 5.59. The van der Waals surface area contributed by atoms with Gasteiger partial charge in [0.25, 0.3) is 11.8 Å². The van der Waals surface area contributed by atoms with Gasteiger partial charge in [0.05, 0.1) is 17.9 Å². The number of carbonyl (C=O) groups is 3. The second-order valence-electron chi connectivity index (χ2n) is 7.86. The van der Waals surface area contributed by atoms with Crippen molar-refractivity contribution in [3.63, 3.8) is 0 Å². The van der Waals surface area contributed by atoms with E-state index in [0.717, 1.165) is 17.1 Å². The Bertz CT molecular complexity index is 1370. The summed E-state index contributed by atoms with van der Waals surface area (Å²) in [5, 5.41) is 3.11. The number of ether oxygens (including phenoxy) is 1. The third kappa shape index (κ3) is 4.76. The molecule has 0 aliphatic carbocycles. The molecule has 2 aromatic carbocycles. The van der Waals surface area contributed by atoms with Gasteiger partial charge in [-0.05, 0) is 99.2 Å². The van der Waals surface area contributed by atoms with Crippen molar-refractivity contribution in [1.29, 1.82) is 0 Å². The molecule has 9 heteroatoms. The number of anilines is 1. The molecule has 0 saturated carbocycles. The van der Waals surface area contributed by atoms with Gasteiger partial charge in [0.2, 0.25) is 0 Å². The number of thiocarbonyl (C=S) groups is 1. The monoisotopic (exact) mass is 507 g/mol. The van der Waals surface area contributed by atoms with Crippen LogP contribution < -0.4 is 10.2 Å².